The lowest BCUT2D eigenvalue weighted by atomic mass is 10.1. The Kier molecular flexibility index (Phi) is 5.49. The quantitative estimate of drug-likeness (QED) is 0.383. The van der Waals surface area contributed by atoms with Gasteiger partial charge in [-0.3, -0.25) is 19.0 Å². The summed E-state index contributed by atoms with van der Waals surface area (Å²) in [7, 11) is 0. The number of aryl methyl sites for hydroxylation is 1. The Morgan fingerprint density at radius 2 is 1.51 bits per heavy atom. The molecule has 2 amide bonds. The fourth-order valence-electron chi connectivity index (χ4n) is 4.33. The van der Waals surface area contributed by atoms with Crippen LogP contribution in [0.4, 0.5) is 0 Å². The summed E-state index contributed by atoms with van der Waals surface area (Å²) in [6.07, 6.45) is -0.236. The number of hydrogen-bond acceptors (Lipinski definition) is 5. The molecule has 2 heterocycles. The van der Waals surface area contributed by atoms with Gasteiger partial charge in [0.2, 0.25) is 0 Å². The standard InChI is InChI=1S/C27H19ClN2O5/c1-15-7-12-23-22(13-15)21(16(2)29(23)25(32)17-8-10-18(28)11-9-17)14-24(31)35-30-26(33)19-5-3-4-6-20(19)27(30)34/h3-13H,14H2,1-2H3. The number of aromatic nitrogens is 1. The molecular weight excluding hydrogens is 468 g/mol. The van der Waals surface area contributed by atoms with Gasteiger partial charge in [-0.15, -0.1) is 0 Å². The van der Waals surface area contributed by atoms with Crippen molar-refractivity contribution in [1.29, 1.82) is 0 Å². The third-order valence-electron chi connectivity index (χ3n) is 6.06. The predicted molar refractivity (Wildman–Crippen MR) is 129 cm³/mol. The lowest BCUT2D eigenvalue weighted by Gasteiger charge is -2.13. The van der Waals surface area contributed by atoms with Crippen LogP contribution < -0.4 is 0 Å². The molecule has 5 rings (SSSR count). The van der Waals surface area contributed by atoms with Gasteiger partial charge in [0.1, 0.15) is 0 Å². The Morgan fingerprint density at radius 3 is 2.14 bits per heavy atom. The minimum atomic E-state index is -0.790. The second-order valence-electron chi connectivity index (χ2n) is 8.32. The van der Waals surface area contributed by atoms with Crippen LogP contribution >= 0.6 is 11.6 Å². The van der Waals surface area contributed by atoms with Crippen molar-refractivity contribution in [2.75, 3.05) is 0 Å². The molecule has 4 aromatic rings. The van der Waals surface area contributed by atoms with Gasteiger partial charge in [0.25, 0.3) is 17.7 Å². The molecule has 0 fully saturated rings. The summed E-state index contributed by atoms with van der Waals surface area (Å²) < 4.78 is 1.54. The summed E-state index contributed by atoms with van der Waals surface area (Å²) in [5.41, 5.74) is 3.53. The highest BCUT2D eigenvalue weighted by atomic mass is 35.5. The maximum absolute atomic E-state index is 13.4. The number of halogens is 1. The van der Waals surface area contributed by atoms with E-state index in [2.05, 4.69) is 0 Å². The molecule has 0 bridgehead atoms. The summed E-state index contributed by atoms with van der Waals surface area (Å²) in [5.74, 6) is -2.44. The van der Waals surface area contributed by atoms with Gasteiger partial charge in [0.15, 0.2) is 0 Å². The van der Waals surface area contributed by atoms with E-state index in [1.807, 2.05) is 25.1 Å². The van der Waals surface area contributed by atoms with Crippen LogP contribution in [0, 0.1) is 13.8 Å². The van der Waals surface area contributed by atoms with E-state index in [1.54, 1.807) is 47.9 Å². The maximum Gasteiger partial charge on any atom is 0.337 e. The second-order valence-corrected chi connectivity index (χ2v) is 8.76. The zero-order valence-corrected chi connectivity index (χ0v) is 19.6. The van der Waals surface area contributed by atoms with Crippen LogP contribution in [-0.2, 0) is 16.1 Å². The van der Waals surface area contributed by atoms with Crippen molar-refractivity contribution in [3.63, 3.8) is 0 Å². The van der Waals surface area contributed by atoms with E-state index in [1.165, 1.54) is 12.1 Å². The smallest absolute Gasteiger partial charge is 0.329 e. The van der Waals surface area contributed by atoms with E-state index in [4.69, 9.17) is 16.4 Å². The number of carbonyl (C=O) groups excluding carboxylic acids is 4. The van der Waals surface area contributed by atoms with Crippen LogP contribution in [0.3, 0.4) is 0 Å². The summed E-state index contributed by atoms with van der Waals surface area (Å²) in [5, 5.41) is 1.72. The molecule has 35 heavy (non-hydrogen) atoms. The van der Waals surface area contributed by atoms with Gasteiger partial charge in [-0.05, 0) is 67.9 Å². The normalized spacial score (nSPS) is 12.8. The minimum Gasteiger partial charge on any atom is -0.329 e. The van der Waals surface area contributed by atoms with Crippen molar-refractivity contribution in [3.8, 4) is 0 Å². The third-order valence-corrected chi connectivity index (χ3v) is 6.31. The molecule has 174 valence electrons. The van der Waals surface area contributed by atoms with Gasteiger partial charge >= 0.3 is 5.97 Å². The molecule has 0 spiro atoms. The summed E-state index contributed by atoms with van der Waals surface area (Å²) in [6, 6.07) is 18.4. The van der Waals surface area contributed by atoms with E-state index in [0.717, 1.165) is 5.56 Å². The largest absolute Gasteiger partial charge is 0.337 e. The van der Waals surface area contributed by atoms with Crippen molar-refractivity contribution in [2.45, 2.75) is 20.3 Å². The molecule has 3 aromatic carbocycles. The van der Waals surface area contributed by atoms with Crippen molar-refractivity contribution in [3.05, 3.63) is 105 Å². The van der Waals surface area contributed by atoms with Gasteiger partial charge in [-0.2, -0.15) is 0 Å². The third kappa shape index (κ3) is 3.80. The van der Waals surface area contributed by atoms with Gasteiger partial charge in [0.05, 0.1) is 23.1 Å². The summed E-state index contributed by atoms with van der Waals surface area (Å²) in [6.45, 7) is 3.65. The van der Waals surface area contributed by atoms with Crippen LogP contribution in [0.1, 0.15) is 47.9 Å². The Bertz CT molecular complexity index is 1520. The van der Waals surface area contributed by atoms with Crippen molar-refractivity contribution >= 4 is 46.2 Å². The number of carbonyl (C=O) groups is 4. The molecule has 8 heteroatoms. The first kappa shape index (κ1) is 22.6. The van der Waals surface area contributed by atoms with Crippen LogP contribution in [0.5, 0.6) is 0 Å². The molecule has 0 saturated carbocycles. The fourth-order valence-corrected chi connectivity index (χ4v) is 4.46. The molecule has 0 aliphatic carbocycles. The lowest BCUT2D eigenvalue weighted by molar-refractivity contribution is -0.167. The Labute approximate surface area is 205 Å². The van der Waals surface area contributed by atoms with Gasteiger partial charge in [0, 0.05) is 21.7 Å². The molecule has 0 radical (unpaired) electrons. The average Bonchev–Trinajstić information content (AvgIpc) is 3.25. The van der Waals surface area contributed by atoms with E-state index < -0.39 is 17.8 Å². The van der Waals surface area contributed by atoms with Crippen molar-refractivity contribution < 1.29 is 24.0 Å². The highest BCUT2D eigenvalue weighted by molar-refractivity contribution is 6.30. The first-order valence-electron chi connectivity index (χ1n) is 10.9. The molecule has 1 aliphatic heterocycles. The Balaban J connectivity index is 1.48. The van der Waals surface area contributed by atoms with Crippen LogP contribution in [0.15, 0.2) is 66.7 Å². The predicted octanol–water partition coefficient (Wildman–Crippen LogP) is 4.90. The first-order chi connectivity index (χ1) is 16.8. The van der Waals surface area contributed by atoms with Crippen molar-refractivity contribution in [1.82, 2.24) is 9.63 Å². The molecule has 0 atom stereocenters. The van der Waals surface area contributed by atoms with E-state index in [0.29, 0.717) is 37.8 Å². The number of benzene rings is 3. The molecule has 7 nitrogen and oxygen atoms in total. The molecule has 0 saturated heterocycles. The highest BCUT2D eigenvalue weighted by Gasteiger charge is 2.38. The molecular formula is C27H19ClN2O5. The van der Waals surface area contributed by atoms with Gasteiger partial charge in [-0.1, -0.05) is 40.4 Å². The van der Waals surface area contributed by atoms with Crippen LogP contribution in [-0.4, -0.2) is 33.3 Å². The summed E-state index contributed by atoms with van der Waals surface area (Å²) in [4.78, 5) is 56.6. The molecule has 1 aromatic heterocycles. The zero-order valence-electron chi connectivity index (χ0n) is 18.9. The Morgan fingerprint density at radius 1 is 0.886 bits per heavy atom. The summed E-state index contributed by atoms with van der Waals surface area (Å²) >= 11 is 5.97. The number of fused-ring (bicyclic) bond motifs is 2. The minimum absolute atomic E-state index is 0.183. The zero-order chi connectivity index (χ0) is 24.9. The van der Waals surface area contributed by atoms with Gasteiger partial charge in [-0.25, -0.2) is 4.79 Å². The maximum atomic E-state index is 13.4. The van der Waals surface area contributed by atoms with Crippen LogP contribution in [0.2, 0.25) is 5.02 Å². The number of amides is 2. The van der Waals surface area contributed by atoms with Crippen LogP contribution in [0.25, 0.3) is 10.9 Å². The fraction of sp³-hybridized carbons (Fsp3) is 0.111. The monoisotopic (exact) mass is 486 g/mol. The first-order valence-corrected chi connectivity index (χ1v) is 11.2. The molecule has 0 unspecified atom stereocenters. The average molecular weight is 487 g/mol. The number of nitrogens with zero attached hydrogens (tertiary/aromatic N) is 2. The number of hydroxylamine groups is 2. The van der Waals surface area contributed by atoms with E-state index >= 15 is 0 Å². The topological polar surface area (TPSA) is 85.7 Å². The second kappa shape index (κ2) is 8.52. The molecule has 0 N–H and O–H groups in total. The SMILES string of the molecule is Cc1ccc2c(c1)c(CC(=O)ON1C(=O)c3ccccc3C1=O)c(C)n2C(=O)c1ccc(Cl)cc1. The number of rotatable bonds is 4. The van der Waals surface area contributed by atoms with E-state index in [9.17, 15) is 19.2 Å². The number of imide groups is 1. The van der Waals surface area contributed by atoms with Crippen molar-refractivity contribution in [2.24, 2.45) is 0 Å². The van der Waals surface area contributed by atoms with E-state index in [-0.39, 0.29) is 23.5 Å². The highest BCUT2D eigenvalue weighted by Crippen LogP contribution is 2.30. The molecule has 1 aliphatic rings. The number of hydrogen-bond donors (Lipinski definition) is 0. The van der Waals surface area contributed by atoms with Gasteiger partial charge < -0.3 is 4.84 Å². The Hall–Kier alpha value is -4.23. The lowest BCUT2D eigenvalue weighted by Crippen LogP contribution is -2.33.